The van der Waals surface area contributed by atoms with Gasteiger partial charge in [0.05, 0.1) is 0 Å². The van der Waals surface area contributed by atoms with E-state index in [-0.39, 0.29) is 0 Å². The van der Waals surface area contributed by atoms with Gasteiger partial charge in [-0.2, -0.15) is 35.0 Å². The molecule has 10 aromatic rings. The van der Waals surface area contributed by atoms with Gasteiger partial charge in [-0.1, -0.05) is 194 Å². The summed E-state index contributed by atoms with van der Waals surface area (Å²) in [6.07, 6.45) is 0. The molecule has 0 bridgehead atoms. The molecule has 64 heavy (non-hydrogen) atoms. The summed E-state index contributed by atoms with van der Waals surface area (Å²) in [5.74, 6) is -1.76. The van der Waals surface area contributed by atoms with Crippen molar-refractivity contribution >= 4 is 38.3 Å². The summed E-state index contributed by atoms with van der Waals surface area (Å²) in [5.41, 5.74) is 2.09. The topological polar surface area (TPSA) is 74.6 Å². The van der Waals surface area contributed by atoms with E-state index in [2.05, 4.69) is 89.7 Å². The molecule has 0 amide bonds. The van der Waals surface area contributed by atoms with Crippen LogP contribution in [-0.4, -0.2) is 27.0 Å². The zero-order chi connectivity index (χ0) is 45.0. The van der Waals surface area contributed by atoms with E-state index in [4.69, 9.17) is 0 Å². The number of carboxylic acids is 2. The molecule has 0 unspecified atom stereocenters. The molecule has 0 heterocycles. The molecule has 4 nitrogen and oxygen atoms in total. The second-order valence-electron chi connectivity index (χ2n) is 14.6. The van der Waals surface area contributed by atoms with Crippen LogP contribution in [0.1, 0.15) is 33.4 Å². The van der Waals surface area contributed by atoms with E-state index < -0.39 is 22.8 Å². The maximum atomic E-state index is 12.4. The normalized spacial score (nSPS) is 10.6. The maximum absolute atomic E-state index is 12.4. The third-order valence-corrected chi connectivity index (χ3v) is 11.0. The molecule has 0 aromatic heterocycles. The summed E-state index contributed by atoms with van der Waals surface area (Å²) in [5, 5.41) is 25.7. The molecule has 0 aliphatic carbocycles. The van der Waals surface area contributed by atoms with E-state index >= 15 is 0 Å². The standard InChI is InChI=1S/2C20H16O2.2C9H7.CH2.Ti/c2*21-19(22)20(16-10-4-1-5-11-16,17-12-6-2-7-13-17)18-14-8-3-9-15-18;2*1-2-5-9-7-3-6-8(9)4-1;;/h2*1-15H,(H,21,22);2*1-7H;1H2;/q;;2*-1;;+2. The molecule has 10 rings (SSSR count). The summed E-state index contributed by atoms with van der Waals surface area (Å²) in [6, 6.07) is 85.6. The summed E-state index contributed by atoms with van der Waals surface area (Å²) in [7, 11) is 0. The van der Waals surface area contributed by atoms with Crippen molar-refractivity contribution in [3.63, 3.8) is 0 Å². The Balaban J connectivity index is 0.000000150. The number of hydrogen-bond acceptors (Lipinski definition) is 2. The van der Waals surface area contributed by atoms with Crippen molar-refractivity contribution in [1.29, 1.82) is 0 Å². The second-order valence-corrected chi connectivity index (χ2v) is 14.6. The molecular weight excluding hydrogens is 821 g/mol. The Morgan fingerprint density at radius 2 is 0.531 bits per heavy atom. The Labute approximate surface area is 387 Å². The van der Waals surface area contributed by atoms with Crippen LogP contribution >= 0.6 is 0 Å². The Bertz CT molecular complexity index is 2450. The molecule has 0 radical (unpaired) electrons. The summed E-state index contributed by atoms with van der Waals surface area (Å²) in [4.78, 5) is 28.1. The zero-order valence-corrected chi connectivity index (χ0v) is 36.9. The molecule has 0 saturated heterocycles. The minimum atomic E-state index is -1.20. The minimum absolute atomic E-state index is 0.750. The smallest absolute Gasteiger partial charge is 0.0809 e. The van der Waals surface area contributed by atoms with Crippen molar-refractivity contribution < 1.29 is 39.8 Å². The fourth-order valence-electron chi connectivity index (χ4n) is 8.01. The molecular formula is C59H48O4Ti. The summed E-state index contributed by atoms with van der Waals surface area (Å²) >= 11 is 1.75. The fourth-order valence-corrected chi connectivity index (χ4v) is 8.01. The van der Waals surface area contributed by atoms with Crippen LogP contribution in [0, 0.1) is 0 Å². The Morgan fingerprint density at radius 1 is 0.328 bits per heavy atom. The van der Waals surface area contributed by atoms with E-state index in [0.717, 1.165) is 33.4 Å². The van der Waals surface area contributed by atoms with Crippen molar-refractivity contribution in [3.8, 4) is 0 Å². The van der Waals surface area contributed by atoms with Crippen LogP contribution in [0.3, 0.4) is 0 Å². The fraction of sp³-hybridized carbons (Fsp3) is 0.0339. The van der Waals surface area contributed by atoms with Gasteiger partial charge >= 0.3 is 36.7 Å². The van der Waals surface area contributed by atoms with Gasteiger partial charge in [0, 0.05) is 0 Å². The van der Waals surface area contributed by atoms with Gasteiger partial charge in [0.1, 0.15) is 10.8 Å². The first-order valence-corrected chi connectivity index (χ1v) is 21.9. The molecule has 0 fully saturated rings. The SMILES string of the molecule is O=C(O)C(c1ccccc1)(c1ccccc1)c1ccccc1.O=C(O)C(c1ccccc1)(c1ccccc1)c1ccccc1.[CH2]=[Ti+2].c1ccc2[cH-]ccc2c1.c1ccc2[cH-]ccc2c1. The molecule has 5 heteroatoms. The van der Waals surface area contributed by atoms with Gasteiger partial charge in [-0.15, -0.1) is 59.3 Å². The molecule has 0 aliphatic rings. The molecule has 312 valence electrons. The third kappa shape index (κ3) is 10.4. The van der Waals surface area contributed by atoms with Crippen LogP contribution in [0.15, 0.2) is 267 Å². The van der Waals surface area contributed by atoms with Crippen molar-refractivity contribution in [3.05, 3.63) is 300 Å². The van der Waals surface area contributed by atoms with E-state index in [1.54, 1.807) is 20.0 Å². The van der Waals surface area contributed by atoms with Crippen molar-refractivity contribution in [2.24, 2.45) is 0 Å². The molecule has 0 saturated carbocycles. The van der Waals surface area contributed by atoms with Gasteiger partial charge in [0.2, 0.25) is 0 Å². The molecule has 10 aromatic carbocycles. The van der Waals surface area contributed by atoms with Crippen LogP contribution in [0.25, 0.3) is 21.5 Å². The predicted molar refractivity (Wildman–Crippen MR) is 260 cm³/mol. The largest absolute Gasteiger partial charge is 0.168 e. The van der Waals surface area contributed by atoms with Crippen LogP contribution in [-0.2, 0) is 40.4 Å². The van der Waals surface area contributed by atoms with E-state index in [9.17, 15) is 19.8 Å². The van der Waals surface area contributed by atoms with E-state index in [0.29, 0.717) is 0 Å². The van der Waals surface area contributed by atoms with Crippen molar-refractivity contribution in [2.45, 2.75) is 10.8 Å². The minimum Gasteiger partial charge on any atom is -0.168 e. The van der Waals surface area contributed by atoms with E-state index in [1.807, 2.05) is 182 Å². The van der Waals surface area contributed by atoms with Gasteiger partial charge in [0.25, 0.3) is 0 Å². The number of carbonyl (C=O) groups is 2. The Kier molecular flexibility index (Phi) is 16.6. The van der Waals surface area contributed by atoms with Crippen LogP contribution in [0.2, 0.25) is 0 Å². The summed E-state index contributed by atoms with van der Waals surface area (Å²) < 4.78 is 0. The van der Waals surface area contributed by atoms with Gasteiger partial charge in [-0.25, -0.2) is 0 Å². The van der Waals surface area contributed by atoms with Crippen LogP contribution in [0.4, 0.5) is 0 Å². The number of benzene rings is 8. The predicted octanol–water partition coefficient (Wildman–Crippen LogP) is 13.3. The number of hydrogen-bond donors (Lipinski definition) is 2. The monoisotopic (exact) mass is 868 g/mol. The summed E-state index contributed by atoms with van der Waals surface area (Å²) in [6.45, 7) is 0. The van der Waals surface area contributed by atoms with Crippen LogP contribution in [0.5, 0.6) is 0 Å². The van der Waals surface area contributed by atoms with Crippen molar-refractivity contribution in [2.75, 3.05) is 0 Å². The van der Waals surface area contributed by atoms with Gasteiger partial charge in [0.15, 0.2) is 0 Å². The Morgan fingerprint density at radius 3 is 0.734 bits per heavy atom. The first kappa shape index (κ1) is 46.0. The number of carboxylic acid groups (broad SMARTS) is 2. The van der Waals surface area contributed by atoms with Gasteiger partial charge < -0.3 is 10.2 Å². The number of aliphatic carboxylic acids is 2. The molecule has 0 atom stereocenters. The average Bonchev–Trinajstić information content (AvgIpc) is 4.06. The maximum Gasteiger partial charge on any atom is -0.0809 e. The quantitative estimate of drug-likeness (QED) is 0.0906. The second kappa shape index (κ2) is 23.1. The van der Waals surface area contributed by atoms with E-state index in [1.165, 1.54) is 21.5 Å². The number of fused-ring (bicyclic) bond motifs is 2. The Hall–Kier alpha value is -7.50. The average molecular weight is 869 g/mol. The number of rotatable bonds is 8. The first-order chi connectivity index (χ1) is 31.5. The van der Waals surface area contributed by atoms with Crippen LogP contribution < -0.4 is 0 Å². The van der Waals surface area contributed by atoms with Gasteiger partial charge in [-0.05, 0) is 33.4 Å². The van der Waals surface area contributed by atoms with Crippen molar-refractivity contribution in [1.82, 2.24) is 0 Å². The zero-order valence-electron chi connectivity index (χ0n) is 35.3. The van der Waals surface area contributed by atoms with Gasteiger partial charge in [-0.3, -0.25) is 9.59 Å². The molecule has 0 aliphatic heterocycles. The molecule has 0 spiro atoms. The molecule has 2 N–H and O–H groups in total. The first-order valence-electron chi connectivity index (χ1n) is 20.8. The third-order valence-electron chi connectivity index (χ3n) is 11.0.